The fraction of sp³-hybridized carbons (Fsp3) is 0.529. The first kappa shape index (κ1) is 16.5. The van der Waals surface area contributed by atoms with E-state index in [4.69, 9.17) is 14.7 Å². The minimum Gasteiger partial charge on any atom is -0.473 e. The second-order valence-electron chi connectivity index (χ2n) is 5.35. The number of hydrogen-bond acceptors (Lipinski definition) is 5. The Morgan fingerprint density at radius 2 is 2.36 bits per heavy atom. The van der Waals surface area contributed by atoms with Crippen LogP contribution in [0.1, 0.15) is 25.0 Å². The third kappa shape index (κ3) is 5.47. The number of nitrogens with zero attached hydrogens (tertiary/aromatic N) is 3. The summed E-state index contributed by atoms with van der Waals surface area (Å²) in [5, 5.41) is 8.93. The monoisotopic (exact) mass is 301 g/mol. The molecular formula is C17H23N3O2. The fourth-order valence-corrected chi connectivity index (χ4v) is 2.47. The molecule has 0 N–H and O–H groups in total. The third-order valence-electron chi connectivity index (χ3n) is 3.59. The molecule has 1 aliphatic heterocycles. The van der Waals surface area contributed by atoms with Gasteiger partial charge in [0.15, 0.2) is 0 Å². The van der Waals surface area contributed by atoms with Crippen LogP contribution < -0.4 is 4.74 Å². The van der Waals surface area contributed by atoms with Gasteiger partial charge in [0.2, 0.25) is 5.88 Å². The van der Waals surface area contributed by atoms with Gasteiger partial charge in [-0.1, -0.05) is 12.1 Å². The van der Waals surface area contributed by atoms with Crippen LogP contribution >= 0.6 is 0 Å². The Kier molecular flexibility index (Phi) is 6.88. The molecule has 0 bridgehead atoms. The summed E-state index contributed by atoms with van der Waals surface area (Å²) < 4.78 is 11.5. The van der Waals surface area contributed by atoms with Gasteiger partial charge in [0.25, 0.3) is 0 Å². The van der Waals surface area contributed by atoms with Gasteiger partial charge in [-0.2, -0.15) is 5.26 Å². The van der Waals surface area contributed by atoms with E-state index in [9.17, 15) is 0 Å². The summed E-state index contributed by atoms with van der Waals surface area (Å²) in [7, 11) is 0. The quantitative estimate of drug-likeness (QED) is 0.724. The van der Waals surface area contributed by atoms with Crippen LogP contribution in [0.5, 0.6) is 5.88 Å². The molecule has 2 heterocycles. The summed E-state index contributed by atoms with van der Waals surface area (Å²) in [5.41, 5.74) is 0.378. The Morgan fingerprint density at radius 3 is 3.18 bits per heavy atom. The van der Waals surface area contributed by atoms with E-state index in [0.717, 1.165) is 52.1 Å². The van der Waals surface area contributed by atoms with Crippen molar-refractivity contribution in [3.05, 3.63) is 36.5 Å². The zero-order valence-corrected chi connectivity index (χ0v) is 12.9. The normalized spacial score (nSPS) is 17.2. The predicted molar refractivity (Wildman–Crippen MR) is 84.7 cm³/mol. The molecule has 1 aromatic heterocycles. The van der Waals surface area contributed by atoms with Gasteiger partial charge in [-0.3, -0.25) is 4.90 Å². The standard InChI is InChI=1S/C17H23N3O2/c1-2-3-7-16(14-20-9-5-11-21-12-10-20)22-17-8-4-6-15(13-18)19-17/h2,4,6,8,16H,1,3,5,7,9-12,14H2/t16-/m1/s1. The maximum atomic E-state index is 8.93. The molecule has 1 aliphatic rings. The number of aromatic nitrogens is 1. The van der Waals surface area contributed by atoms with E-state index in [1.807, 2.05) is 12.1 Å². The predicted octanol–water partition coefficient (Wildman–Crippen LogP) is 2.39. The molecule has 0 unspecified atom stereocenters. The number of ether oxygens (including phenoxy) is 2. The summed E-state index contributed by atoms with van der Waals surface area (Å²) in [5.74, 6) is 0.513. The summed E-state index contributed by atoms with van der Waals surface area (Å²) in [4.78, 5) is 6.57. The maximum Gasteiger partial charge on any atom is 0.214 e. The van der Waals surface area contributed by atoms with Crippen LogP contribution in [0.15, 0.2) is 30.9 Å². The molecule has 2 rings (SSSR count). The lowest BCUT2D eigenvalue weighted by Gasteiger charge is -2.26. The molecule has 0 aromatic carbocycles. The highest BCUT2D eigenvalue weighted by molar-refractivity contribution is 5.24. The van der Waals surface area contributed by atoms with E-state index < -0.39 is 0 Å². The third-order valence-corrected chi connectivity index (χ3v) is 3.59. The molecule has 118 valence electrons. The van der Waals surface area contributed by atoms with Gasteiger partial charge < -0.3 is 9.47 Å². The molecule has 5 heteroatoms. The lowest BCUT2D eigenvalue weighted by atomic mass is 10.1. The van der Waals surface area contributed by atoms with E-state index in [0.29, 0.717) is 11.6 Å². The molecule has 0 saturated carbocycles. The zero-order chi connectivity index (χ0) is 15.6. The Bertz CT molecular complexity index is 505. The number of nitriles is 1. The molecule has 0 amide bonds. The topological polar surface area (TPSA) is 58.4 Å². The Morgan fingerprint density at radius 1 is 1.45 bits per heavy atom. The van der Waals surface area contributed by atoms with Crippen LogP contribution in [-0.4, -0.2) is 48.8 Å². The van der Waals surface area contributed by atoms with E-state index in [2.05, 4.69) is 16.5 Å². The fourth-order valence-electron chi connectivity index (χ4n) is 2.47. The molecule has 1 aromatic rings. The molecule has 0 spiro atoms. The van der Waals surface area contributed by atoms with Gasteiger partial charge in [0.05, 0.1) is 6.61 Å². The average molecular weight is 301 g/mol. The van der Waals surface area contributed by atoms with Crippen LogP contribution in [-0.2, 0) is 4.74 Å². The van der Waals surface area contributed by atoms with E-state index in [1.54, 1.807) is 18.2 Å². The van der Waals surface area contributed by atoms with E-state index >= 15 is 0 Å². The van der Waals surface area contributed by atoms with Crippen molar-refractivity contribution >= 4 is 0 Å². The van der Waals surface area contributed by atoms with Crippen molar-refractivity contribution in [1.82, 2.24) is 9.88 Å². The van der Waals surface area contributed by atoms with Crippen molar-refractivity contribution in [2.75, 3.05) is 32.8 Å². The summed E-state index contributed by atoms with van der Waals surface area (Å²) in [6, 6.07) is 7.31. The lowest BCUT2D eigenvalue weighted by Crippen LogP contribution is -2.37. The highest BCUT2D eigenvalue weighted by Gasteiger charge is 2.17. The SMILES string of the molecule is C=CCC[C@H](CN1CCCOCC1)Oc1cccc(C#N)n1. The number of pyridine rings is 1. The minimum atomic E-state index is 0.0394. The van der Waals surface area contributed by atoms with Crippen molar-refractivity contribution in [3.63, 3.8) is 0 Å². The Balaban J connectivity index is 1.98. The Labute approximate surface area is 132 Å². The Hall–Kier alpha value is -1.90. The second kappa shape index (κ2) is 9.19. The van der Waals surface area contributed by atoms with Crippen LogP contribution in [0.3, 0.4) is 0 Å². The van der Waals surface area contributed by atoms with Gasteiger partial charge >= 0.3 is 0 Å². The summed E-state index contributed by atoms with van der Waals surface area (Å²) >= 11 is 0. The van der Waals surface area contributed by atoms with E-state index in [1.165, 1.54) is 0 Å². The first-order valence-electron chi connectivity index (χ1n) is 7.76. The van der Waals surface area contributed by atoms with Crippen LogP contribution in [0.2, 0.25) is 0 Å². The highest BCUT2D eigenvalue weighted by Crippen LogP contribution is 2.14. The number of hydrogen-bond donors (Lipinski definition) is 0. The summed E-state index contributed by atoms with van der Waals surface area (Å²) in [6.07, 6.45) is 4.78. The highest BCUT2D eigenvalue weighted by atomic mass is 16.5. The molecule has 0 aliphatic carbocycles. The second-order valence-corrected chi connectivity index (χ2v) is 5.35. The van der Waals surface area contributed by atoms with Crippen molar-refractivity contribution in [3.8, 4) is 11.9 Å². The largest absolute Gasteiger partial charge is 0.473 e. The average Bonchev–Trinajstić information content (AvgIpc) is 2.81. The zero-order valence-electron chi connectivity index (χ0n) is 12.9. The summed E-state index contributed by atoms with van der Waals surface area (Å²) in [6.45, 7) is 8.19. The van der Waals surface area contributed by atoms with Crippen molar-refractivity contribution < 1.29 is 9.47 Å². The smallest absolute Gasteiger partial charge is 0.214 e. The molecule has 0 radical (unpaired) electrons. The van der Waals surface area contributed by atoms with Crippen LogP contribution in [0.25, 0.3) is 0 Å². The van der Waals surface area contributed by atoms with Gasteiger partial charge in [0.1, 0.15) is 17.9 Å². The lowest BCUT2D eigenvalue weighted by molar-refractivity contribution is 0.109. The van der Waals surface area contributed by atoms with Gasteiger partial charge in [0, 0.05) is 32.3 Å². The molecule has 1 atom stereocenters. The van der Waals surface area contributed by atoms with Crippen molar-refractivity contribution in [2.45, 2.75) is 25.4 Å². The maximum absolute atomic E-state index is 8.93. The van der Waals surface area contributed by atoms with Crippen LogP contribution in [0, 0.1) is 11.3 Å². The van der Waals surface area contributed by atoms with Crippen LogP contribution in [0.4, 0.5) is 0 Å². The van der Waals surface area contributed by atoms with E-state index in [-0.39, 0.29) is 6.10 Å². The first-order valence-corrected chi connectivity index (χ1v) is 7.76. The van der Waals surface area contributed by atoms with Gasteiger partial charge in [-0.15, -0.1) is 6.58 Å². The van der Waals surface area contributed by atoms with Crippen molar-refractivity contribution in [1.29, 1.82) is 5.26 Å². The molecule has 22 heavy (non-hydrogen) atoms. The number of allylic oxidation sites excluding steroid dienone is 1. The molecule has 5 nitrogen and oxygen atoms in total. The molecule has 1 saturated heterocycles. The minimum absolute atomic E-state index is 0.0394. The van der Waals surface area contributed by atoms with Crippen molar-refractivity contribution in [2.24, 2.45) is 0 Å². The number of rotatable bonds is 7. The molecular weight excluding hydrogens is 278 g/mol. The van der Waals surface area contributed by atoms with Gasteiger partial charge in [-0.25, -0.2) is 4.98 Å². The first-order chi connectivity index (χ1) is 10.8. The molecule has 1 fully saturated rings. The van der Waals surface area contributed by atoms with Gasteiger partial charge in [-0.05, 0) is 25.3 Å².